The normalized spacial score (nSPS) is 32.5. The van der Waals surface area contributed by atoms with Crippen LogP contribution in [-0.4, -0.2) is 49.1 Å². The lowest BCUT2D eigenvalue weighted by Gasteiger charge is -2.29. The van der Waals surface area contributed by atoms with Crippen LogP contribution < -0.4 is 10.6 Å². The second kappa shape index (κ2) is 5.99. The van der Waals surface area contributed by atoms with Crippen molar-refractivity contribution in [3.8, 4) is 0 Å². The van der Waals surface area contributed by atoms with Gasteiger partial charge in [0, 0.05) is 12.1 Å². The van der Waals surface area contributed by atoms with Crippen LogP contribution in [-0.2, 0) is 14.6 Å². The molecule has 3 N–H and O–H groups in total. The highest BCUT2D eigenvalue weighted by atomic mass is 32.2. The van der Waals surface area contributed by atoms with Gasteiger partial charge in [-0.2, -0.15) is 0 Å². The van der Waals surface area contributed by atoms with Crippen molar-refractivity contribution in [2.45, 2.75) is 44.2 Å². The minimum Gasteiger partial charge on any atom is -0.481 e. The van der Waals surface area contributed by atoms with E-state index in [2.05, 4.69) is 10.6 Å². The smallest absolute Gasteiger partial charge is 0.315 e. The number of carboxylic acid groups (broad SMARTS) is 1. The van der Waals surface area contributed by atoms with E-state index < -0.39 is 27.8 Å². The summed E-state index contributed by atoms with van der Waals surface area (Å²) in [5, 5.41) is 14.4. The van der Waals surface area contributed by atoms with Crippen LogP contribution in [0.25, 0.3) is 0 Å². The molecule has 114 valence electrons. The predicted molar refractivity (Wildman–Crippen MR) is 72.1 cm³/mol. The van der Waals surface area contributed by atoms with Crippen molar-refractivity contribution in [2.24, 2.45) is 5.92 Å². The van der Waals surface area contributed by atoms with Gasteiger partial charge in [-0.05, 0) is 19.3 Å². The van der Waals surface area contributed by atoms with Gasteiger partial charge in [0.15, 0.2) is 9.84 Å². The second-order valence-electron chi connectivity index (χ2n) is 5.55. The van der Waals surface area contributed by atoms with E-state index in [0.717, 1.165) is 12.8 Å². The summed E-state index contributed by atoms with van der Waals surface area (Å²) in [4.78, 5) is 23.0. The number of carboxylic acids is 1. The van der Waals surface area contributed by atoms with E-state index >= 15 is 0 Å². The Morgan fingerprint density at radius 1 is 1.05 bits per heavy atom. The van der Waals surface area contributed by atoms with Gasteiger partial charge >= 0.3 is 12.0 Å². The van der Waals surface area contributed by atoms with E-state index in [9.17, 15) is 18.0 Å². The lowest BCUT2D eigenvalue weighted by Crippen LogP contribution is -2.51. The third-order valence-electron chi connectivity index (χ3n) is 3.97. The highest BCUT2D eigenvalue weighted by Gasteiger charge is 2.33. The summed E-state index contributed by atoms with van der Waals surface area (Å²) < 4.78 is 22.6. The quantitative estimate of drug-likeness (QED) is 0.685. The van der Waals surface area contributed by atoms with Crippen molar-refractivity contribution in [1.82, 2.24) is 10.6 Å². The maximum absolute atomic E-state index is 11.8. The lowest BCUT2D eigenvalue weighted by molar-refractivity contribution is -0.143. The molecule has 2 rings (SSSR count). The highest BCUT2D eigenvalue weighted by Crippen LogP contribution is 2.24. The lowest BCUT2D eigenvalue weighted by atomic mass is 9.84. The number of carbonyl (C=O) groups excluding carboxylic acids is 1. The molecule has 2 fully saturated rings. The van der Waals surface area contributed by atoms with E-state index in [1.165, 1.54) is 0 Å². The van der Waals surface area contributed by atoms with Gasteiger partial charge in [-0.3, -0.25) is 4.79 Å². The minimum atomic E-state index is -3.03. The molecule has 0 aromatic heterocycles. The molecule has 1 aliphatic carbocycles. The largest absolute Gasteiger partial charge is 0.481 e. The summed E-state index contributed by atoms with van der Waals surface area (Å²) in [6.45, 7) is 0. The maximum Gasteiger partial charge on any atom is 0.315 e. The zero-order valence-electron chi connectivity index (χ0n) is 11.2. The molecule has 0 aromatic rings. The van der Waals surface area contributed by atoms with Crippen molar-refractivity contribution in [3.05, 3.63) is 0 Å². The summed E-state index contributed by atoms with van der Waals surface area (Å²) >= 11 is 0. The SMILES string of the molecule is O=C(NC1CCS(=O)(=O)C1)NC1CCCCC1C(=O)O. The molecule has 20 heavy (non-hydrogen) atoms. The molecule has 2 amide bonds. The molecule has 1 saturated carbocycles. The molecule has 2 aliphatic rings. The number of nitrogens with one attached hydrogen (secondary N) is 2. The minimum absolute atomic E-state index is 0.0343. The number of sulfone groups is 1. The zero-order valence-corrected chi connectivity index (χ0v) is 12.0. The molecule has 1 heterocycles. The highest BCUT2D eigenvalue weighted by molar-refractivity contribution is 7.91. The topological polar surface area (TPSA) is 113 Å². The Labute approximate surface area is 118 Å². The van der Waals surface area contributed by atoms with Gasteiger partial charge in [-0.15, -0.1) is 0 Å². The van der Waals surface area contributed by atoms with E-state index in [-0.39, 0.29) is 23.6 Å². The predicted octanol–water partition coefficient (Wildman–Crippen LogP) is 0.116. The number of amides is 2. The first-order valence-electron chi connectivity index (χ1n) is 6.87. The van der Waals surface area contributed by atoms with Gasteiger partial charge in [0.25, 0.3) is 0 Å². The number of urea groups is 1. The Bertz CT molecular complexity index is 490. The van der Waals surface area contributed by atoms with Crippen LogP contribution in [0.2, 0.25) is 0 Å². The van der Waals surface area contributed by atoms with Crippen molar-refractivity contribution in [2.75, 3.05) is 11.5 Å². The van der Waals surface area contributed by atoms with Crippen molar-refractivity contribution in [1.29, 1.82) is 0 Å². The molecule has 0 aromatic carbocycles. The summed E-state index contributed by atoms with van der Waals surface area (Å²) in [5.41, 5.74) is 0. The number of carbonyl (C=O) groups is 2. The van der Waals surface area contributed by atoms with E-state index in [0.29, 0.717) is 19.3 Å². The molecular weight excluding hydrogens is 284 g/mol. The molecule has 1 aliphatic heterocycles. The van der Waals surface area contributed by atoms with Crippen LogP contribution in [0.3, 0.4) is 0 Å². The van der Waals surface area contributed by atoms with E-state index in [1.54, 1.807) is 0 Å². The fraction of sp³-hybridized carbons (Fsp3) is 0.833. The number of hydrogen-bond donors (Lipinski definition) is 3. The Balaban J connectivity index is 1.86. The molecule has 0 radical (unpaired) electrons. The fourth-order valence-electron chi connectivity index (χ4n) is 2.90. The summed E-state index contributed by atoms with van der Waals surface area (Å²) in [6, 6.07) is -1.21. The van der Waals surface area contributed by atoms with Crippen LogP contribution in [0.1, 0.15) is 32.1 Å². The average Bonchev–Trinajstić information content (AvgIpc) is 2.68. The number of hydrogen-bond acceptors (Lipinski definition) is 4. The molecule has 7 nitrogen and oxygen atoms in total. The van der Waals surface area contributed by atoms with Crippen molar-refractivity contribution >= 4 is 21.8 Å². The molecule has 3 atom stereocenters. The van der Waals surface area contributed by atoms with Gasteiger partial charge in [0.2, 0.25) is 0 Å². The van der Waals surface area contributed by atoms with Crippen LogP contribution in [0.5, 0.6) is 0 Å². The fourth-order valence-corrected chi connectivity index (χ4v) is 4.58. The third kappa shape index (κ3) is 3.84. The zero-order chi connectivity index (χ0) is 14.8. The summed E-state index contributed by atoms with van der Waals surface area (Å²) in [7, 11) is -3.03. The summed E-state index contributed by atoms with van der Waals surface area (Å²) in [6.07, 6.45) is 3.39. The first kappa shape index (κ1) is 15.1. The van der Waals surface area contributed by atoms with Gasteiger partial charge in [0.1, 0.15) is 0 Å². The molecule has 3 unspecified atom stereocenters. The van der Waals surface area contributed by atoms with Crippen molar-refractivity contribution < 1.29 is 23.1 Å². The van der Waals surface area contributed by atoms with Crippen LogP contribution in [0.4, 0.5) is 4.79 Å². The van der Waals surface area contributed by atoms with Gasteiger partial charge in [0.05, 0.1) is 17.4 Å². The Morgan fingerprint density at radius 2 is 1.75 bits per heavy atom. The maximum atomic E-state index is 11.8. The van der Waals surface area contributed by atoms with Crippen LogP contribution in [0, 0.1) is 5.92 Å². The molecular formula is C12H20N2O5S. The molecule has 0 spiro atoms. The Hall–Kier alpha value is -1.31. The molecule has 8 heteroatoms. The van der Waals surface area contributed by atoms with Gasteiger partial charge < -0.3 is 15.7 Å². The summed E-state index contributed by atoms with van der Waals surface area (Å²) in [5.74, 6) is -1.38. The van der Waals surface area contributed by atoms with E-state index in [4.69, 9.17) is 5.11 Å². The molecule has 0 bridgehead atoms. The van der Waals surface area contributed by atoms with Crippen LogP contribution >= 0.6 is 0 Å². The monoisotopic (exact) mass is 304 g/mol. The second-order valence-corrected chi connectivity index (χ2v) is 7.78. The van der Waals surface area contributed by atoms with Gasteiger partial charge in [-0.25, -0.2) is 13.2 Å². The third-order valence-corrected chi connectivity index (χ3v) is 5.74. The van der Waals surface area contributed by atoms with Crippen molar-refractivity contribution in [3.63, 3.8) is 0 Å². The van der Waals surface area contributed by atoms with E-state index in [1.807, 2.05) is 0 Å². The average molecular weight is 304 g/mol. The van der Waals surface area contributed by atoms with Gasteiger partial charge in [-0.1, -0.05) is 12.8 Å². The Kier molecular flexibility index (Phi) is 4.52. The number of rotatable bonds is 3. The first-order chi connectivity index (χ1) is 9.37. The Morgan fingerprint density at radius 3 is 2.35 bits per heavy atom. The molecule has 1 saturated heterocycles. The first-order valence-corrected chi connectivity index (χ1v) is 8.70. The number of aliphatic carboxylic acids is 1. The standard InChI is InChI=1S/C12H20N2O5S/c15-11(16)9-3-1-2-4-10(9)14-12(17)13-8-5-6-20(18,19)7-8/h8-10H,1-7H2,(H,15,16)(H2,13,14,17). The van der Waals surface area contributed by atoms with Crippen LogP contribution in [0.15, 0.2) is 0 Å².